The van der Waals surface area contributed by atoms with Gasteiger partial charge >= 0.3 is 6.18 Å². The Hall–Kier alpha value is -1.01. The highest BCUT2D eigenvalue weighted by molar-refractivity contribution is 5.85. The number of anilines is 1. The monoisotopic (exact) mass is 267 g/mol. The maximum Gasteiger partial charge on any atom is 0.417 e. The van der Waals surface area contributed by atoms with Gasteiger partial charge in [-0.1, -0.05) is 0 Å². The minimum absolute atomic E-state index is 0. The van der Waals surface area contributed by atoms with E-state index in [4.69, 9.17) is 5.73 Å². The van der Waals surface area contributed by atoms with Gasteiger partial charge in [0.25, 0.3) is 0 Å². The highest BCUT2D eigenvalue weighted by Gasteiger charge is 2.32. The number of alkyl halides is 3. The van der Waals surface area contributed by atoms with Gasteiger partial charge in [-0.2, -0.15) is 13.2 Å². The first-order valence-corrected chi connectivity index (χ1v) is 4.99. The van der Waals surface area contributed by atoms with Gasteiger partial charge in [0, 0.05) is 25.3 Å². The van der Waals surface area contributed by atoms with Crippen molar-refractivity contribution in [3.05, 3.63) is 24.0 Å². The zero-order valence-corrected chi connectivity index (χ0v) is 9.76. The van der Waals surface area contributed by atoms with Crippen LogP contribution >= 0.6 is 12.4 Å². The van der Waals surface area contributed by atoms with Gasteiger partial charge in [-0.15, -0.1) is 12.4 Å². The lowest BCUT2D eigenvalue weighted by Crippen LogP contribution is -2.26. The second-order valence-corrected chi connectivity index (χ2v) is 3.92. The Morgan fingerprint density at radius 2 is 2.06 bits per heavy atom. The molecule has 2 heterocycles. The molecule has 0 saturated carbocycles. The summed E-state index contributed by atoms with van der Waals surface area (Å²) in [6, 6.07) is 1.15. The minimum Gasteiger partial charge on any atom is -0.369 e. The maximum absolute atomic E-state index is 12.4. The van der Waals surface area contributed by atoms with E-state index >= 15 is 0 Å². The summed E-state index contributed by atoms with van der Waals surface area (Å²) in [5.74, 6) is 0. The number of aromatic nitrogens is 1. The molecule has 0 amide bonds. The average Bonchev–Trinajstić information content (AvgIpc) is 2.64. The summed E-state index contributed by atoms with van der Waals surface area (Å²) >= 11 is 0. The van der Waals surface area contributed by atoms with E-state index in [9.17, 15) is 13.2 Å². The summed E-state index contributed by atoms with van der Waals surface area (Å²) in [6.45, 7) is 1.27. The topological polar surface area (TPSA) is 42.1 Å². The van der Waals surface area contributed by atoms with Crippen LogP contribution in [0.3, 0.4) is 0 Å². The first-order chi connectivity index (χ1) is 7.47. The summed E-state index contributed by atoms with van der Waals surface area (Å²) in [7, 11) is 0. The molecule has 1 unspecified atom stereocenters. The minimum atomic E-state index is -4.34. The quantitative estimate of drug-likeness (QED) is 0.847. The first-order valence-electron chi connectivity index (χ1n) is 4.99. The number of pyridine rings is 1. The van der Waals surface area contributed by atoms with Crippen molar-refractivity contribution in [2.45, 2.75) is 18.6 Å². The van der Waals surface area contributed by atoms with E-state index in [-0.39, 0.29) is 18.4 Å². The van der Waals surface area contributed by atoms with Crippen LogP contribution in [0.2, 0.25) is 0 Å². The molecule has 0 aliphatic carbocycles. The molecule has 17 heavy (non-hydrogen) atoms. The maximum atomic E-state index is 12.4. The zero-order chi connectivity index (χ0) is 11.8. The fourth-order valence-corrected chi connectivity index (χ4v) is 1.78. The molecule has 0 radical (unpaired) electrons. The number of halogens is 4. The van der Waals surface area contributed by atoms with Crippen molar-refractivity contribution in [3.8, 4) is 0 Å². The van der Waals surface area contributed by atoms with E-state index in [1.165, 1.54) is 6.20 Å². The molecule has 1 atom stereocenters. The van der Waals surface area contributed by atoms with Gasteiger partial charge in [0.15, 0.2) is 0 Å². The standard InChI is InChI=1S/C10H12F3N3.ClH/c11-10(12,13)7-3-9(5-15-4-7)16-2-1-8(14)6-16;/h3-5,8H,1-2,6,14H2;1H. The molecule has 96 valence electrons. The van der Waals surface area contributed by atoms with E-state index in [0.717, 1.165) is 18.7 Å². The third kappa shape index (κ3) is 3.23. The molecule has 1 aromatic rings. The van der Waals surface area contributed by atoms with Crippen LogP contribution in [-0.4, -0.2) is 24.1 Å². The molecule has 1 aliphatic heterocycles. The lowest BCUT2D eigenvalue weighted by Gasteiger charge is -2.18. The van der Waals surface area contributed by atoms with Crippen molar-refractivity contribution >= 4 is 18.1 Å². The van der Waals surface area contributed by atoms with Gasteiger partial charge in [0.1, 0.15) is 0 Å². The van der Waals surface area contributed by atoms with Crippen LogP contribution in [0.25, 0.3) is 0 Å². The summed E-state index contributed by atoms with van der Waals surface area (Å²) in [4.78, 5) is 5.44. The number of rotatable bonds is 1. The molecule has 7 heteroatoms. The van der Waals surface area contributed by atoms with Crippen LogP contribution in [0.15, 0.2) is 18.5 Å². The van der Waals surface area contributed by atoms with Gasteiger partial charge in [-0.3, -0.25) is 4.98 Å². The molecule has 1 saturated heterocycles. The third-order valence-corrected chi connectivity index (χ3v) is 2.64. The van der Waals surface area contributed by atoms with E-state index in [2.05, 4.69) is 4.98 Å². The Balaban J connectivity index is 0.00000144. The van der Waals surface area contributed by atoms with Crippen LogP contribution in [-0.2, 0) is 6.18 Å². The normalized spacial score (nSPS) is 20.2. The van der Waals surface area contributed by atoms with Crippen molar-refractivity contribution < 1.29 is 13.2 Å². The summed E-state index contributed by atoms with van der Waals surface area (Å²) in [5.41, 5.74) is 5.47. The number of nitrogens with two attached hydrogens (primary N) is 1. The van der Waals surface area contributed by atoms with Gasteiger partial charge in [0.2, 0.25) is 0 Å². The van der Waals surface area contributed by atoms with Crippen molar-refractivity contribution in [2.75, 3.05) is 18.0 Å². The van der Waals surface area contributed by atoms with Gasteiger partial charge < -0.3 is 10.6 Å². The van der Waals surface area contributed by atoms with Crippen LogP contribution < -0.4 is 10.6 Å². The highest BCUT2D eigenvalue weighted by atomic mass is 35.5. The first kappa shape index (κ1) is 14.1. The van der Waals surface area contributed by atoms with Gasteiger partial charge in [-0.05, 0) is 12.5 Å². The lowest BCUT2D eigenvalue weighted by atomic mass is 10.2. The SMILES string of the molecule is Cl.NC1CCN(c2cncc(C(F)(F)F)c2)C1. The van der Waals surface area contributed by atoms with Crippen molar-refractivity contribution in [2.24, 2.45) is 5.73 Å². The molecule has 0 bridgehead atoms. The van der Waals surface area contributed by atoms with Crippen LogP contribution in [0, 0.1) is 0 Å². The Morgan fingerprint density at radius 1 is 1.35 bits per heavy atom. The van der Waals surface area contributed by atoms with E-state index < -0.39 is 11.7 Å². The van der Waals surface area contributed by atoms with Gasteiger partial charge in [-0.25, -0.2) is 0 Å². The number of nitrogens with zero attached hydrogens (tertiary/aromatic N) is 2. The van der Waals surface area contributed by atoms with E-state index in [0.29, 0.717) is 18.8 Å². The number of hydrogen-bond donors (Lipinski definition) is 1. The van der Waals surface area contributed by atoms with Crippen molar-refractivity contribution in [3.63, 3.8) is 0 Å². The molecular formula is C10H13ClF3N3. The molecule has 1 fully saturated rings. The van der Waals surface area contributed by atoms with E-state index in [1.807, 2.05) is 4.90 Å². The van der Waals surface area contributed by atoms with Crippen molar-refractivity contribution in [1.82, 2.24) is 4.98 Å². The molecule has 2 N–H and O–H groups in total. The van der Waals surface area contributed by atoms with E-state index in [1.54, 1.807) is 0 Å². The molecular weight excluding hydrogens is 255 g/mol. The lowest BCUT2D eigenvalue weighted by molar-refractivity contribution is -0.137. The summed E-state index contributed by atoms with van der Waals surface area (Å²) in [6.07, 6.45) is -1.27. The molecule has 0 spiro atoms. The largest absolute Gasteiger partial charge is 0.417 e. The molecule has 1 aliphatic rings. The number of hydrogen-bond acceptors (Lipinski definition) is 3. The second-order valence-electron chi connectivity index (χ2n) is 3.92. The Labute approximate surface area is 103 Å². The fraction of sp³-hybridized carbons (Fsp3) is 0.500. The molecule has 2 rings (SSSR count). The Kier molecular flexibility index (Phi) is 4.21. The Bertz CT molecular complexity index is 383. The predicted octanol–water partition coefficient (Wildman–Crippen LogP) is 2.06. The van der Waals surface area contributed by atoms with Crippen LogP contribution in [0.4, 0.5) is 18.9 Å². The van der Waals surface area contributed by atoms with Crippen LogP contribution in [0.1, 0.15) is 12.0 Å². The molecule has 3 nitrogen and oxygen atoms in total. The fourth-order valence-electron chi connectivity index (χ4n) is 1.78. The average molecular weight is 268 g/mol. The van der Waals surface area contributed by atoms with Crippen LogP contribution in [0.5, 0.6) is 0 Å². The molecule has 1 aromatic heterocycles. The summed E-state index contributed by atoms with van der Waals surface area (Å²) < 4.78 is 37.3. The smallest absolute Gasteiger partial charge is 0.369 e. The molecule has 0 aromatic carbocycles. The third-order valence-electron chi connectivity index (χ3n) is 2.64. The summed E-state index contributed by atoms with van der Waals surface area (Å²) in [5, 5.41) is 0. The predicted molar refractivity (Wildman–Crippen MR) is 61.3 cm³/mol. The van der Waals surface area contributed by atoms with Gasteiger partial charge in [0.05, 0.1) is 17.4 Å². The zero-order valence-electron chi connectivity index (χ0n) is 8.94. The Morgan fingerprint density at radius 3 is 2.59 bits per heavy atom. The van der Waals surface area contributed by atoms with Crippen molar-refractivity contribution in [1.29, 1.82) is 0 Å². The highest BCUT2D eigenvalue weighted by Crippen LogP contribution is 2.31. The second kappa shape index (κ2) is 5.10.